The predicted molar refractivity (Wildman–Crippen MR) is 59.2 cm³/mol. The van der Waals surface area contributed by atoms with E-state index in [0.29, 0.717) is 6.54 Å². The number of hydrogen-bond donors (Lipinski definition) is 2. The van der Waals surface area contributed by atoms with E-state index >= 15 is 0 Å². The third-order valence-electron chi connectivity index (χ3n) is 2.33. The van der Waals surface area contributed by atoms with Crippen LogP contribution in [0.1, 0.15) is 31.0 Å². The molecule has 1 aromatic rings. The zero-order valence-corrected chi connectivity index (χ0v) is 9.37. The summed E-state index contributed by atoms with van der Waals surface area (Å²) in [4.78, 5) is 0. The maximum Gasteiger partial charge on any atom is 0.141 e. The molecule has 0 spiro atoms. The average Bonchev–Trinajstić information content (AvgIpc) is 2.25. The Morgan fingerprint density at radius 2 is 2.19 bits per heavy atom. The molecular formula is C12H15FN2O. The number of nitrogens with zero attached hydrogens (tertiary/aromatic N) is 1. The van der Waals surface area contributed by atoms with Crippen LogP contribution < -0.4 is 5.32 Å². The molecule has 0 amide bonds. The van der Waals surface area contributed by atoms with Gasteiger partial charge in [-0.25, -0.2) is 4.39 Å². The number of benzene rings is 1. The standard InChI is InChI=1S/C12H15FN2O/c1-8(16)7-15-9(2)10-3-4-11(6-14)12(13)5-10/h3-5,8-9,15-16H,7H2,1-2H3. The lowest BCUT2D eigenvalue weighted by Gasteiger charge is -2.15. The number of hydrogen-bond acceptors (Lipinski definition) is 3. The predicted octanol–water partition coefficient (Wildman–Crippen LogP) is 1.73. The van der Waals surface area contributed by atoms with Crippen molar-refractivity contribution in [2.45, 2.75) is 26.0 Å². The van der Waals surface area contributed by atoms with Gasteiger partial charge in [-0.15, -0.1) is 0 Å². The minimum atomic E-state index is -0.509. The van der Waals surface area contributed by atoms with Gasteiger partial charge in [-0.1, -0.05) is 6.07 Å². The van der Waals surface area contributed by atoms with Gasteiger partial charge >= 0.3 is 0 Å². The molecule has 16 heavy (non-hydrogen) atoms. The van der Waals surface area contributed by atoms with E-state index in [-0.39, 0.29) is 11.6 Å². The molecule has 86 valence electrons. The molecule has 1 aromatic carbocycles. The molecule has 0 heterocycles. The minimum absolute atomic E-state index is 0.0477. The Morgan fingerprint density at radius 3 is 2.69 bits per heavy atom. The van der Waals surface area contributed by atoms with Crippen molar-refractivity contribution in [2.75, 3.05) is 6.54 Å². The van der Waals surface area contributed by atoms with Gasteiger partial charge in [-0.3, -0.25) is 0 Å². The fourth-order valence-electron chi connectivity index (χ4n) is 1.36. The van der Waals surface area contributed by atoms with Gasteiger partial charge in [0.1, 0.15) is 11.9 Å². The van der Waals surface area contributed by atoms with Crippen LogP contribution in [-0.4, -0.2) is 17.8 Å². The van der Waals surface area contributed by atoms with Crippen molar-refractivity contribution in [1.29, 1.82) is 5.26 Å². The van der Waals surface area contributed by atoms with Crippen LogP contribution in [0.5, 0.6) is 0 Å². The third kappa shape index (κ3) is 3.30. The van der Waals surface area contributed by atoms with Crippen LogP contribution in [0.2, 0.25) is 0 Å². The molecule has 0 saturated carbocycles. The second-order valence-corrected chi connectivity index (χ2v) is 3.83. The first kappa shape index (κ1) is 12.6. The summed E-state index contributed by atoms with van der Waals surface area (Å²) >= 11 is 0. The van der Waals surface area contributed by atoms with Crippen molar-refractivity contribution in [1.82, 2.24) is 5.32 Å². The van der Waals surface area contributed by atoms with E-state index in [4.69, 9.17) is 10.4 Å². The molecule has 2 atom stereocenters. The second kappa shape index (κ2) is 5.59. The summed E-state index contributed by atoms with van der Waals surface area (Å²) in [5, 5.41) is 20.8. The van der Waals surface area contributed by atoms with Crippen molar-refractivity contribution in [2.24, 2.45) is 0 Å². The normalized spacial score (nSPS) is 14.2. The van der Waals surface area contributed by atoms with Crippen molar-refractivity contribution in [3.63, 3.8) is 0 Å². The van der Waals surface area contributed by atoms with Crippen LogP contribution >= 0.6 is 0 Å². The molecule has 0 aromatic heterocycles. The Labute approximate surface area is 94.5 Å². The fraction of sp³-hybridized carbons (Fsp3) is 0.417. The summed E-state index contributed by atoms with van der Waals surface area (Å²) in [6.07, 6.45) is -0.439. The zero-order chi connectivity index (χ0) is 12.1. The van der Waals surface area contributed by atoms with Crippen LogP contribution in [0.4, 0.5) is 4.39 Å². The average molecular weight is 222 g/mol. The van der Waals surface area contributed by atoms with Gasteiger partial charge in [0.25, 0.3) is 0 Å². The summed E-state index contributed by atoms with van der Waals surface area (Å²) in [6.45, 7) is 4.01. The first-order chi connectivity index (χ1) is 7.54. The molecule has 0 aliphatic carbocycles. The highest BCUT2D eigenvalue weighted by molar-refractivity contribution is 5.34. The first-order valence-corrected chi connectivity index (χ1v) is 5.15. The highest BCUT2D eigenvalue weighted by atomic mass is 19.1. The number of nitrogens with one attached hydrogen (secondary N) is 1. The van der Waals surface area contributed by atoms with Crippen molar-refractivity contribution in [3.05, 3.63) is 35.1 Å². The molecule has 0 bridgehead atoms. The van der Waals surface area contributed by atoms with Gasteiger partial charge in [0.05, 0.1) is 11.7 Å². The molecule has 4 heteroatoms. The van der Waals surface area contributed by atoms with Gasteiger partial charge < -0.3 is 10.4 Å². The highest BCUT2D eigenvalue weighted by Crippen LogP contribution is 2.16. The fourth-order valence-corrected chi connectivity index (χ4v) is 1.36. The topological polar surface area (TPSA) is 56.0 Å². The highest BCUT2D eigenvalue weighted by Gasteiger charge is 2.09. The Kier molecular flexibility index (Phi) is 4.41. The number of aliphatic hydroxyl groups excluding tert-OH is 1. The lowest BCUT2D eigenvalue weighted by molar-refractivity contribution is 0.187. The number of aliphatic hydroxyl groups is 1. The van der Waals surface area contributed by atoms with E-state index < -0.39 is 11.9 Å². The molecular weight excluding hydrogens is 207 g/mol. The molecule has 0 fully saturated rings. The van der Waals surface area contributed by atoms with Gasteiger partial charge in [0.15, 0.2) is 0 Å². The van der Waals surface area contributed by atoms with E-state index in [1.807, 2.05) is 6.92 Å². The van der Waals surface area contributed by atoms with E-state index in [1.54, 1.807) is 19.1 Å². The summed E-state index contributed by atoms with van der Waals surface area (Å²) < 4.78 is 13.3. The maximum atomic E-state index is 13.3. The SMILES string of the molecule is CC(O)CNC(C)c1ccc(C#N)c(F)c1. The number of halogens is 1. The maximum absolute atomic E-state index is 13.3. The Balaban J connectivity index is 2.74. The molecule has 2 N–H and O–H groups in total. The summed E-state index contributed by atoms with van der Waals surface area (Å²) in [5.41, 5.74) is 0.809. The Morgan fingerprint density at radius 1 is 1.50 bits per heavy atom. The lowest BCUT2D eigenvalue weighted by Crippen LogP contribution is -2.27. The first-order valence-electron chi connectivity index (χ1n) is 5.15. The molecule has 2 unspecified atom stereocenters. The van der Waals surface area contributed by atoms with Crippen LogP contribution in [0, 0.1) is 17.1 Å². The van der Waals surface area contributed by atoms with Gasteiger partial charge in [0.2, 0.25) is 0 Å². The quantitative estimate of drug-likeness (QED) is 0.815. The molecule has 3 nitrogen and oxygen atoms in total. The van der Waals surface area contributed by atoms with Crippen molar-refractivity contribution in [3.8, 4) is 6.07 Å². The molecule has 0 aliphatic heterocycles. The van der Waals surface area contributed by atoms with Crippen molar-refractivity contribution < 1.29 is 9.50 Å². The Hall–Kier alpha value is -1.44. The monoisotopic (exact) mass is 222 g/mol. The smallest absolute Gasteiger partial charge is 0.141 e. The van der Waals surface area contributed by atoms with Gasteiger partial charge in [0, 0.05) is 12.6 Å². The zero-order valence-electron chi connectivity index (χ0n) is 9.37. The van der Waals surface area contributed by atoms with Gasteiger partial charge in [-0.05, 0) is 31.5 Å². The largest absolute Gasteiger partial charge is 0.392 e. The number of nitriles is 1. The van der Waals surface area contributed by atoms with Crippen LogP contribution in [0.15, 0.2) is 18.2 Å². The molecule has 0 saturated heterocycles. The van der Waals surface area contributed by atoms with E-state index in [1.165, 1.54) is 12.1 Å². The summed E-state index contributed by atoms with van der Waals surface area (Å²) in [5.74, 6) is -0.509. The van der Waals surface area contributed by atoms with E-state index in [2.05, 4.69) is 5.32 Å². The van der Waals surface area contributed by atoms with E-state index in [9.17, 15) is 4.39 Å². The summed E-state index contributed by atoms with van der Waals surface area (Å²) in [7, 11) is 0. The summed E-state index contributed by atoms with van der Waals surface area (Å²) in [6, 6.07) is 6.24. The van der Waals surface area contributed by atoms with Crippen molar-refractivity contribution >= 4 is 0 Å². The third-order valence-corrected chi connectivity index (χ3v) is 2.33. The molecule has 1 rings (SSSR count). The lowest BCUT2D eigenvalue weighted by atomic mass is 10.1. The van der Waals surface area contributed by atoms with E-state index in [0.717, 1.165) is 5.56 Å². The van der Waals surface area contributed by atoms with Crippen LogP contribution in [-0.2, 0) is 0 Å². The van der Waals surface area contributed by atoms with Crippen LogP contribution in [0.25, 0.3) is 0 Å². The molecule has 0 aliphatic rings. The molecule has 0 radical (unpaired) electrons. The second-order valence-electron chi connectivity index (χ2n) is 3.83. The number of rotatable bonds is 4. The van der Waals surface area contributed by atoms with Gasteiger partial charge in [-0.2, -0.15) is 5.26 Å². The Bertz CT molecular complexity index is 398. The minimum Gasteiger partial charge on any atom is -0.392 e. The van der Waals surface area contributed by atoms with Crippen LogP contribution in [0.3, 0.4) is 0 Å².